The van der Waals surface area contributed by atoms with Gasteiger partial charge in [-0.1, -0.05) is 0 Å². The lowest BCUT2D eigenvalue weighted by Crippen LogP contribution is -2.67. The zero-order chi connectivity index (χ0) is 28.1. The number of hydrogen-bond acceptors (Lipinski definition) is 13. The second kappa shape index (κ2) is 12.7. The van der Waals surface area contributed by atoms with E-state index in [1.165, 1.54) is 38.1 Å². The van der Waals surface area contributed by atoms with E-state index in [0.717, 1.165) is 0 Å². The molecule has 2 aliphatic rings. The molecule has 3 rings (SSSR count). The molecule has 16 heteroatoms. The highest BCUT2D eigenvalue weighted by Gasteiger charge is 2.49. The monoisotopic (exact) mass is 545 g/mol. The fraction of sp³-hybridized carbons (Fsp3) is 0.636. The first kappa shape index (κ1) is 29.6. The van der Waals surface area contributed by atoms with Crippen LogP contribution < -0.4 is 15.4 Å². The average Bonchev–Trinajstić information content (AvgIpc) is 2.86. The zero-order valence-corrected chi connectivity index (χ0v) is 20.4. The fourth-order valence-electron chi connectivity index (χ4n) is 4.14. The second-order valence-electron chi connectivity index (χ2n) is 8.89. The molecule has 2 heterocycles. The van der Waals surface area contributed by atoms with Crippen LogP contribution in [0.15, 0.2) is 24.3 Å². The van der Waals surface area contributed by atoms with Gasteiger partial charge < -0.3 is 55.1 Å². The number of nitrogens with zero attached hydrogens (tertiary/aromatic N) is 1. The maximum Gasteiger partial charge on any atom is 0.269 e. The van der Waals surface area contributed by atoms with Gasteiger partial charge >= 0.3 is 0 Å². The molecule has 7 N–H and O–H groups in total. The lowest BCUT2D eigenvalue weighted by atomic mass is 9.96. The van der Waals surface area contributed by atoms with E-state index < -0.39 is 91.2 Å². The standard InChI is InChI=1S/C22H31N3O13/c1-9(27)23-15-19(31)17(29)13(7-26)37-21(15)35-8-14-18(30)20(32)16(24-10(2)28)22(38-14)36-12-5-3-11(4-6-12)25(33)34/h3-6,13-22,26,29-32H,7-8H2,1-2H3,(H,23,27)(H,24,28)/t13-,14-,15-,16-,17+,18+,19-,20-,21+,22+/m1/s1. The number of benzene rings is 1. The van der Waals surface area contributed by atoms with Crippen LogP contribution in [0.5, 0.6) is 5.75 Å². The Kier molecular flexibility index (Phi) is 9.91. The van der Waals surface area contributed by atoms with Crippen molar-refractivity contribution in [2.45, 2.75) is 75.1 Å². The van der Waals surface area contributed by atoms with E-state index in [4.69, 9.17) is 18.9 Å². The van der Waals surface area contributed by atoms with E-state index in [1.807, 2.05) is 0 Å². The smallest absolute Gasteiger partial charge is 0.269 e. The molecule has 0 unspecified atom stereocenters. The molecular formula is C22H31N3O13. The number of amides is 2. The van der Waals surface area contributed by atoms with Crippen LogP contribution in [0.3, 0.4) is 0 Å². The lowest BCUT2D eigenvalue weighted by Gasteiger charge is -2.44. The molecule has 0 aliphatic carbocycles. The average molecular weight is 545 g/mol. The van der Waals surface area contributed by atoms with Gasteiger partial charge in [0.25, 0.3) is 5.69 Å². The van der Waals surface area contributed by atoms with Crippen molar-refractivity contribution in [2.75, 3.05) is 13.2 Å². The van der Waals surface area contributed by atoms with E-state index in [0.29, 0.717) is 0 Å². The minimum atomic E-state index is -1.62. The highest BCUT2D eigenvalue weighted by Crippen LogP contribution is 2.28. The number of hydrogen-bond donors (Lipinski definition) is 7. The van der Waals surface area contributed by atoms with Gasteiger partial charge in [-0.15, -0.1) is 0 Å². The number of carbonyl (C=O) groups excluding carboxylic acids is 2. The Hall–Kier alpha value is -2.96. The number of nitro groups is 1. The molecule has 2 fully saturated rings. The van der Waals surface area contributed by atoms with Crippen molar-refractivity contribution in [3.05, 3.63) is 34.4 Å². The fourth-order valence-corrected chi connectivity index (χ4v) is 4.14. The molecule has 0 radical (unpaired) electrons. The lowest BCUT2D eigenvalue weighted by molar-refractivity contribution is -0.384. The molecule has 1 aromatic rings. The maximum absolute atomic E-state index is 11.7. The van der Waals surface area contributed by atoms with E-state index in [9.17, 15) is 45.2 Å². The van der Waals surface area contributed by atoms with E-state index in [2.05, 4.69) is 10.6 Å². The molecule has 0 bridgehead atoms. The third-order valence-corrected chi connectivity index (χ3v) is 6.05. The van der Waals surface area contributed by atoms with Crippen LogP contribution in [0.1, 0.15) is 13.8 Å². The van der Waals surface area contributed by atoms with Gasteiger partial charge in [-0.05, 0) is 12.1 Å². The van der Waals surface area contributed by atoms with Crippen molar-refractivity contribution in [3.63, 3.8) is 0 Å². The second-order valence-corrected chi connectivity index (χ2v) is 8.89. The van der Waals surface area contributed by atoms with Gasteiger partial charge in [-0.3, -0.25) is 19.7 Å². The SMILES string of the molecule is CC(=O)N[C@H]1[C@@H](OC[C@H]2O[C@H](Oc3ccc([N+](=O)[O-])cc3)[C@H](NC(C)=O)[C@@H](O)[C@H]2O)O[C@H](CO)[C@H](O)[C@@H]1O. The number of ether oxygens (including phenoxy) is 4. The molecule has 2 amide bonds. The Balaban J connectivity index is 1.77. The first-order valence-electron chi connectivity index (χ1n) is 11.6. The predicted molar refractivity (Wildman–Crippen MR) is 123 cm³/mol. The van der Waals surface area contributed by atoms with Gasteiger partial charge in [0, 0.05) is 26.0 Å². The van der Waals surface area contributed by atoms with Gasteiger partial charge in [0.1, 0.15) is 54.5 Å². The van der Waals surface area contributed by atoms with Gasteiger partial charge in [-0.25, -0.2) is 0 Å². The van der Waals surface area contributed by atoms with Crippen molar-refractivity contribution in [1.82, 2.24) is 10.6 Å². The van der Waals surface area contributed by atoms with Crippen LogP contribution >= 0.6 is 0 Å². The minimum absolute atomic E-state index is 0.100. The minimum Gasteiger partial charge on any atom is -0.463 e. The summed E-state index contributed by atoms with van der Waals surface area (Å²) in [5.74, 6) is -1.03. The van der Waals surface area contributed by atoms with Crippen molar-refractivity contribution >= 4 is 17.5 Å². The summed E-state index contributed by atoms with van der Waals surface area (Å²) in [5, 5.41) is 67.1. The first-order valence-corrected chi connectivity index (χ1v) is 11.6. The Labute approximate surface area is 216 Å². The third kappa shape index (κ3) is 6.91. The van der Waals surface area contributed by atoms with E-state index >= 15 is 0 Å². The van der Waals surface area contributed by atoms with Crippen molar-refractivity contribution < 1.29 is 59.0 Å². The summed E-state index contributed by atoms with van der Waals surface area (Å²) in [6.07, 6.45) is -11.7. The predicted octanol–water partition coefficient (Wildman–Crippen LogP) is -3.11. The summed E-state index contributed by atoms with van der Waals surface area (Å²) in [5.41, 5.74) is -0.197. The molecule has 2 aliphatic heterocycles. The molecular weight excluding hydrogens is 514 g/mol. The number of aliphatic hydroxyl groups excluding tert-OH is 5. The number of nitro benzene ring substituents is 1. The van der Waals surface area contributed by atoms with Gasteiger partial charge in [0.2, 0.25) is 18.1 Å². The normalized spacial score (nSPS) is 35.2. The summed E-state index contributed by atoms with van der Waals surface area (Å²) < 4.78 is 22.6. The summed E-state index contributed by atoms with van der Waals surface area (Å²) in [7, 11) is 0. The van der Waals surface area contributed by atoms with Gasteiger partial charge in [0.15, 0.2) is 6.29 Å². The zero-order valence-electron chi connectivity index (χ0n) is 20.4. The highest BCUT2D eigenvalue weighted by molar-refractivity contribution is 5.73. The topological polar surface area (TPSA) is 239 Å². The Morgan fingerprint density at radius 1 is 0.895 bits per heavy atom. The van der Waals surface area contributed by atoms with E-state index in [-0.39, 0.29) is 11.4 Å². The summed E-state index contributed by atoms with van der Waals surface area (Å²) in [6, 6.07) is 2.42. The van der Waals surface area contributed by atoms with Crippen LogP contribution in [0.4, 0.5) is 5.69 Å². The van der Waals surface area contributed by atoms with Gasteiger partial charge in [-0.2, -0.15) is 0 Å². The van der Waals surface area contributed by atoms with Crippen molar-refractivity contribution in [2.24, 2.45) is 0 Å². The summed E-state index contributed by atoms with van der Waals surface area (Å²) in [6.45, 7) is 1.18. The molecule has 0 saturated carbocycles. The Bertz CT molecular complexity index is 980. The van der Waals surface area contributed by atoms with Crippen LogP contribution in [-0.2, 0) is 23.8 Å². The Morgan fingerprint density at radius 3 is 1.89 bits per heavy atom. The number of nitrogens with one attached hydrogen (secondary N) is 2. The van der Waals surface area contributed by atoms with E-state index in [1.54, 1.807) is 0 Å². The third-order valence-electron chi connectivity index (χ3n) is 6.05. The molecule has 0 spiro atoms. The van der Waals surface area contributed by atoms with Crippen molar-refractivity contribution in [1.29, 1.82) is 0 Å². The summed E-state index contributed by atoms with van der Waals surface area (Å²) >= 11 is 0. The first-order chi connectivity index (χ1) is 17.9. The van der Waals surface area contributed by atoms with Crippen molar-refractivity contribution in [3.8, 4) is 5.75 Å². The molecule has 212 valence electrons. The highest BCUT2D eigenvalue weighted by atomic mass is 16.7. The quantitative estimate of drug-likeness (QED) is 0.120. The van der Waals surface area contributed by atoms with Crippen LogP contribution in [0.2, 0.25) is 0 Å². The summed E-state index contributed by atoms with van der Waals surface area (Å²) in [4.78, 5) is 33.6. The molecule has 16 nitrogen and oxygen atoms in total. The maximum atomic E-state index is 11.7. The molecule has 0 aromatic heterocycles. The number of aliphatic hydroxyl groups is 5. The molecule has 10 atom stereocenters. The molecule has 38 heavy (non-hydrogen) atoms. The van der Waals surface area contributed by atoms with Crippen LogP contribution in [0.25, 0.3) is 0 Å². The largest absolute Gasteiger partial charge is 0.463 e. The number of non-ortho nitro benzene ring substituents is 1. The number of carbonyl (C=O) groups is 2. The number of rotatable bonds is 9. The van der Waals surface area contributed by atoms with Gasteiger partial charge in [0.05, 0.1) is 18.1 Å². The van der Waals surface area contributed by atoms with Crippen LogP contribution in [-0.4, -0.2) is 117 Å². The Morgan fingerprint density at radius 2 is 1.39 bits per heavy atom. The molecule has 2 saturated heterocycles. The van der Waals surface area contributed by atoms with Crippen LogP contribution in [0, 0.1) is 10.1 Å². The molecule has 1 aromatic carbocycles.